The molecule has 0 saturated heterocycles. The standard InChI is InChI=1S/C26H32ClF3N8O/c1-16-5-6-19(11-22(16)38-14-21(34-35-38)18-12-31-15-32-13-18)33-25(39)17-9-20(26(28,29)30)24(27)23(10-17)37(4)8-7-36(2)3/h6,9-16,20,24,34-35H,5,7-8H2,1-4H3,(H,33,39). The SMILES string of the molecule is CC1CC=C(NC(=O)C2=CC(C(F)(F)F)C(Cl)C(N(C)CCN(C)C)=C2)C=C1N1C=C(c2cncnc2)NN1. The van der Waals surface area contributed by atoms with Crippen molar-refractivity contribution in [1.29, 1.82) is 0 Å². The minimum Gasteiger partial charge on any atom is -0.375 e. The molecule has 1 amide bonds. The quantitative estimate of drug-likeness (QED) is 0.415. The van der Waals surface area contributed by atoms with Crippen LogP contribution in [0.1, 0.15) is 18.9 Å². The Morgan fingerprint density at radius 2 is 1.92 bits per heavy atom. The summed E-state index contributed by atoms with van der Waals surface area (Å²) in [6, 6.07) is 0. The number of nitrogens with one attached hydrogen (secondary N) is 3. The molecule has 0 bridgehead atoms. The van der Waals surface area contributed by atoms with Gasteiger partial charge in [0.05, 0.1) is 17.0 Å². The first-order valence-electron chi connectivity index (χ1n) is 12.4. The third kappa shape index (κ3) is 6.81. The molecule has 9 nitrogen and oxygen atoms in total. The van der Waals surface area contributed by atoms with Crippen molar-refractivity contribution in [2.45, 2.75) is 24.9 Å². The van der Waals surface area contributed by atoms with E-state index in [0.29, 0.717) is 25.2 Å². The summed E-state index contributed by atoms with van der Waals surface area (Å²) < 4.78 is 41.7. The van der Waals surface area contributed by atoms with Crippen LogP contribution in [0.5, 0.6) is 0 Å². The van der Waals surface area contributed by atoms with Crippen molar-refractivity contribution in [2.75, 3.05) is 34.2 Å². The molecular formula is C26H32ClF3N8O. The molecule has 2 heterocycles. The van der Waals surface area contributed by atoms with Gasteiger partial charge in [-0.2, -0.15) is 13.2 Å². The lowest BCUT2D eigenvalue weighted by atomic mass is 9.91. The minimum atomic E-state index is -4.60. The van der Waals surface area contributed by atoms with Crippen LogP contribution in [0.2, 0.25) is 0 Å². The molecule has 3 atom stereocenters. The summed E-state index contributed by atoms with van der Waals surface area (Å²) in [5, 5.41) is 3.24. The lowest BCUT2D eigenvalue weighted by Gasteiger charge is -2.34. The monoisotopic (exact) mass is 564 g/mol. The zero-order valence-corrected chi connectivity index (χ0v) is 22.9. The predicted molar refractivity (Wildman–Crippen MR) is 143 cm³/mol. The molecule has 13 heteroatoms. The van der Waals surface area contributed by atoms with E-state index in [1.807, 2.05) is 38.2 Å². The van der Waals surface area contributed by atoms with Crippen LogP contribution in [0.3, 0.4) is 0 Å². The van der Waals surface area contributed by atoms with Gasteiger partial charge in [0.2, 0.25) is 0 Å². The maximum atomic E-state index is 13.9. The fourth-order valence-electron chi connectivity index (χ4n) is 4.37. The van der Waals surface area contributed by atoms with E-state index >= 15 is 0 Å². The average molecular weight is 565 g/mol. The van der Waals surface area contributed by atoms with Crippen LogP contribution in [0, 0.1) is 11.8 Å². The highest BCUT2D eigenvalue weighted by atomic mass is 35.5. The minimum absolute atomic E-state index is 0.0809. The number of nitrogens with zero attached hydrogens (tertiary/aromatic N) is 5. The van der Waals surface area contributed by atoms with E-state index in [1.165, 1.54) is 12.4 Å². The fraction of sp³-hybridized carbons (Fsp3) is 0.423. The number of hydrogen-bond donors (Lipinski definition) is 3. The number of carbonyl (C=O) groups is 1. The van der Waals surface area contributed by atoms with Gasteiger partial charge in [0.1, 0.15) is 6.33 Å². The van der Waals surface area contributed by atoms with E-state index in [2.05, 4.69) is 26.2 Å². The topological polar surface area (TPSA) is 88.7 Å². The van der Waals surface area contributed by atoms with Crippen LogP contribution < -0.4 is 16.3 Å². The van der Waals surface area contributed by atoms with Gasteiger partial charge in [-0.1, -0.05) is 19.1 Å². The van der Waals surface area contributed by atoms with Crippen LogP contribution in [-0.4, -0.2) is 76.5 Å². The van der Waals surface area contributed by atoms with Gasteiger partial charge < -0.3 is 20.5 Å². The van der Waals surface area contributed by atoms with Crippen molar-refractivity contribution in [3.8, 4) is 0 Å². The number of allylic oxidation sites excluding steroid dienone is 5. The normalized spacial score (nSPS) is 23.4. The van der Waals surface area contributed by atoms with Gasteiger partial charge in [-0.3, -0.25) is 9.80 Å². The molecule has 0 spiro atoms. The molecule has 0 fully saturated rings. The van der Waals surface area contributed by atoms with E-state index in [0.717, 1.165) is 23.0 Å². The summed E-state index contributed by atoms with van der Waals surface area (Å²) in [6.07, 6.45) is 8.69. The van der Waals surface area contributed by atoms with Gasteiger partial charge in [-0.15, -0.1) is 17.1 Å². The summed E-state index contributed by atoms with van der Waals surface area (Å²) >= 11 is 6.30. The van der Waals surface area contributed by atoms with Crippen molar-refractivity contribution in [3.63, 3.8) is 0 Å². The Balaban J connectivity index is 1.54. The number of likely N-dealkylation sites (N-methyl/N-ethyl adjacent to an activating group) is 2. The van der Waals surface area contributed by atoms with E-state index in [-0.39, 0.29) is 17.2 Å². The van der Waals surface area contributed by atoms with Gasteiger partial charge in [0.25, 0.3) is 5.91 Å². The maximum absolute atomic E-state index is 13.9. The Morgan fingerprint density at radius 1 is 1.21 bits per heavy atom. The maximum Gasteiger partial charge on any atom is 0.396 e. The number of amides is 1. The molecule has 1 aliphatic heterocycles. The lowest BCUT2D eigenvalue weighted by Crippen LogP contribution is -2.41. The van der Waals surface area contributed by atoms with Gasteiger partial charge >= 0.3 is 6.18 Å². The van der Waals surface area contributed by atoms with Gasteiger partial charge in [-0.25, -0.2) is 9.97 Å². The number of hydrazine groups is 2. The fourth-order valence-corrected chi connectivity index (χ4v) is 4.82. The summed E-state index contributed by atoms with van der Waals surface area (Å²) in [7, 11) is 5.43. The Labute approximate surface area is 230 Å². The second-order valence-corrected chi connectivity index (χ2v) is 10.5. The summed E-state index contributed by atoms with van der Waals surface area (Å²) in [5.74, 6) is -2.51. The largest absolute Gasteiger partial charge is 0.396 e. The first kappa shape index (κ1) is 28.7. The number of carbonyl (C=O) groups excluding carboxylic acids is 1. The molecule has 39 heavy (non-hydrogen) atoms. The van der Waals surface area contributed by atoms with Gasteiger partial charge in [-0.05, 0) is 32.7 Å². The second kappa shape index (κ2) is 11.8. The van der Waals surface area contributed by atoms with Crippen molar-refractivity contribution >= 4 is 23.2 Å². The Hall–Kier alpha value is -3.35. The third-order valence-corrected chi connectivity index (χ3v) is 7.20. The predicted octanol–water partition coefficient (Wildman–Crippen LogP) is 3.13. The highest BCUT2D eigenvalue weighted by molar-refractivity contribution is 6.23. The van der Waals surface area contributed by atoms with Crippen molar-refractivity contribution in [2.24, 2.45) is 11.8 Å². The third-order valence-electron chi connectivity index (χ3n) is 6.70. The van der Waals surface area contributed by atoms with E-state index < -0.39 is 23.4 Å². The Morgan fingerprint density at radius 3 is 2.59 bits per heavy atom. The molecule has 3 aliphatic rings. The molecule has 0 radical (unpaired) electrons. The van der Waals surface area contributed by atoms with Crippen LogP contribution in [0.15, 0.2) is 71.9 Å². The number of hydrogen-bond acceptors (Lipinski definition) is 8. The number of halogens is 4. The molecule has 210 valence electrons. The molecule has 3 N–H and O–H groups in total. The van der Waals surface area contributed by atoms with Gasteiger partial charge in [0.15, 0.2) is 0 Å². The number of aromatic nitrogens is 2. The number of rotatable bonds is 8. The van der Waals surface area contributed by atoms with Crippen LogP contribution in [0.4, 0.5) is 13.2 Å². The van der Waals surface area contributed by atoms with Gasteiger partial charge in [0, 0.05) is 72.9 Å². The van der Waals surface area contributed by atoms with Crippen molar-refractivity contribution < 1.29 is 18.0 Å². The second-order valence-electron chi connectivity index (χ2n) is 9.98. The first-order valence-corrected chi connectivity index (χ1v) is 12.9. The average Bonchev–Trinajstić information content (AvgIpc) is 3.38. The summed E-state index contributed by atoms with van der Waals surface area (Å²) in [6.45, 7) is 3.11. The highest BCUT2D eigenvalue weighted by Crippen LogP contribution is 2.40. The Kier molecular flexibility index (Phi) is 8.67. The highest BCUT2D eigenvalue weighted by Gasteiger charge is 2.46. The van der Waals surface area contributed by atoms with Crippen LogP contribution in [-0.2, 0) is 4.79 Å². The van der Waals surface area contributed by atoms with Crippen molar-refractivity contribution in [1.82, 2.24) is 41.1 Å². The molecule has 0 aromatic carbocycles. The first-order chi connectivity index (χ1) is 18.4. The molecule has 0 saturated carbocycles. The number of alkyl halides is 4. The van der Waals surface area contributed by atoms with Crippen LogP contribution in [0.25, 0.3) is 5.70 Å². The smallest absolute Gasteiger partial charge is 0.375 e. The molecule has 3 unspecified atom stereocenters. The molecule has 1 aromatic heterocycles. The zero-order chi connectivity index (χ0) is 28.3. The molecule has 4 rings (SSSR count). The van der Waals surface area contributed by atoms with E-state index in [9.17, 15) is 18.0 Å². The van der Waals surface area contributed by atoms with Crippen LogP contribution >= 0.6 is 11.6 Å². The van der Waals surface area contributed by atoms with E-state index in [1.54, 1.807) is 35.4 Å². The summed E-state index contributed by atoms with van der Waals surface area (Å²) in [4.78, 5) is 24.9. The lowest BCUT2D eigenvalue weighted by molar-refractivity contribution is -0.160. The molecule has 1 aromatic rings. The molecule has 2 aliphatic carbocycles. The Bertz CT molecular complexity index is 1230. The van der Waals surface area contributed by atoms with Crippen molar-refractivity contribution in [3.05, 3.63) is 77.5 Å². The molecular weight excluding hydrogens is 533 g/mol. The zero-order valence-electron chi connectivity index (χ0n) is 22.1. The summed E-state index contributed by atoms with van der Waals surface area (Å²) in [5.41, 5.74) is 9.22. The van der Waals surface area contributed by atoms with E-state index in [4.69, 9.17) is 11.6 Å².